The monoisotopic (exact) mass is 437 g/mol. The molecular weight excluding hydrogens is 418 g/mol. The summed E-state index contributed by atoms with van der Waals surface area (Å²) in [5.41, 5.74) is 2.25. The molecule has 0 radical (unpaired) electrons. The van der Waals surface area contributed by atoms with Gasteiger partial charge in [-0.1, -0.05) is 42.1 Å². The van der Waals surface area contributed by atoms with Crippen LogP contribution in [-0.4, -0.2) is 39.5 Å². The first-order valence-electron chi connectivity index (χ1n) is 9.55. The lowest BCUT2D eigenvalue weighted by Gasteiger charge is -2.29. The average Bonchev–Trinajstić information content (AvgIpc) is 3.28. The van der Waals surface area contributed by atoms with Crippen molar-refractivity contribution in [1.29, 1.82) is 0 Å². The van der Waals surface area contributed by atoms with Crippen LogP contribution in [0.5, 0.6) is 0 Å². The van der Waals surface area contributed by atoms with Crippen molar-refractivity contribution < 1.29 is 18.7 Å². The van der Waals surface area contributed by atoms with E-state index in [1.54, 1.807) is 25.4 Å². The number of nitrogens with one attached hydrogen (secondary N) is 2. The number of carbonyl (C=O) groups is 2. The maximum absolute atomic E-state index is 12.8. The smallest absolute Gasteiger partial charge is 0.338 e. The molecule has 0 saturated carbocycles. The van der Waals surface area contributed by atoms with Crippen molar-refractivity contribution in [2.75, 3.05) is 12.4 Å². The van der Waals surface area contributed by atoms with Gasteiger partial charge in [-0.25, -0.2) is 9.59 Å². The molecule has 0 saturated heterocycles. The van der Waals surface area contributed by atoms with E-state index in [1.165, 1.54) is 11.8 Å². The van der Waals surface area contributed by atoms with Crippen LogP contribution in [0.3, 0.4) is 0 Å². The third-order valence-corrected chi connectivity index (χ3v) is 5.28. The first kappa shape index (κ1) is 20.6. The number of amides is 2. The molecular formula is C21H19N5O4S. The molecule has 1 atom stereocenters. The van der Waals surface area contributed by atoms with Crippen LogP contribution >= 0.6 is 11.8 Å². The number of benzene rings is 1. The van der Waals surface area contributed by atoms with Gasteiger partial charge in [0.1, 0.15) is 0 Å². The topological polar surface area (TPSA) is 119 Å². The largest absolute Gasteiger partial charge is 0.463 e. The van der Waals surface area contributed by atoms with E-state index >= 15 is 0 Å². The molecule has 3 aromatic rings. The van der Waals surface area contributed by atoms with Gasteiger partial charge in [0.15, 0.2) is 0 Å². The lowest BCUT2D eigenvalue weighted by atomic mass is 9.95. The van der Waals surface area contributed by atoms with Crippen LogP contribution in [0.4, 0.5) is 4.79 Å². The van der Waals surface area contributed by atoms with Crippen molar-refractivity contribution in [2.24, 2.45) is 0 Å². The highest BCUT2D eigenvalue weighted by atomic mass is 32.2. The second-order valence-electron chi connectivity index (χ2n) is 6.46. The average molecular weight is 437 g/mol. The van der Waals surface area contributed by atoms with Gasteiger partial charge in [0.05, 0.1) is 23.8 Å². The molecule has 158 valence electrons. The van der Waals surface area contributed by atoms with E-state index in [-0.39, 0.29) is 12.4 Å². The molecule has 9 nitrogen and oxygen atoms in total. The molecule has 2 amide bonds. The fourth-order valence-corrected chi connectivity index (χ4v) is 3.82. The number of hydrogen-bond donors (Lipinski definition) is 2. The van der Waals surface area contributed by atoms with E-state index in [0.717, 1.165) is 5.56 Å². The summed E-state index contributed by atoms with van der Waals surface area (Å²) in [6.07, 6.45) is 3.28. The summed E-state index contributed by atoms with van der Waals surface area (Å²) >= 11 is 1.21. The summed E-state index contributed by atoms with van der Waals surface area (Å²) in [5.74, 6) is 0.0762. The predicted molar refractivity (Wildman–Crippen MR) is 113 cm³/mol. The zero-order valence-electron chi connectivity index (χ0n) is 16.6. The number of thioether (sulfide) groups is 1. The van der Waals surface area contributed by atoms with Crippen LogP contribution in [-0.2, 0) is 9.53 Å². The number of carbonyl (C=O) groups excluding carboxylic acids is 2. The van der Waals surface area contributed by atoms with E-state index < -0.39 is 18.0 Å². The molecule has 0 fully saturated rings. The van der Waals surface area contributed by atoms with Crippen LogP contribution in [0.25, 0.3) is 11.5 Å². The molecule has 2 aromatic heterocycles. The van der Waals surface area contributed by atoms with Crippen molar-refractivity contribution >= 4 is 23.8 Å². The molecule has 0 spiro atoms. The molecule has 3 heterocycles. The van der Waals surface area contributed by atoms with Gasteiger partial charge in [-0.05, 0) is 24.6 Å². The van der Waals surface area contributed by atoms with E-state index in [2.05, 4.69) is 25.8 Å². The van der Waals surface area contributed by atoms with Gasteiger partial charge < -0.3 is 19.8 Å². The van der Waals surface area contributed by atoms with Gasteiger partial charge in [0.2, 0.25) is 5.89 Å². The van der Waals surface area contributed by atoms with E-state index in [1.807, 2.05) is 36.4 Å². The lowest BCUT2D eigenvalue weighted by molar-refractivity contribution is -0.139. The minimum atomic E-state index is -0.627. The van der Waals surface area contributed by atoms with Crippen molar-refractivity contribution in [3.8, 4) is 11.5 Å². The molecule has 1 unspecified atom stereocenters. The minimum absolute atomic E-state index is 0.219. The molecule has 31 heavy (non-hydrogen) atoms. The number of aromatic nitrogens is 3. The van der Waals surface area contributed by atoms with Crippen molar-refractivity contribution in [1.82, 2.24) is 25.8 Å². The Balaban J connectivity index is 1.61. The lowest BCUT2D eigenvalue weighted by Crippen LogP contribution is -2.46. The van der Waals surface area contributed by atoms with E-state index in [9.17, 15) is 9.59 Å². The fourth-order valence-electron chi connectivity index (χ4n) is 3.09. The zero-order valence-corrected chi connectivity index (χ0v) is 17.4. The van der Waals surface area contributed by atoms with Gasteiger partial charge in [-0.2, -0.15) is 0 Å². The minimum Gasteiger partial charge on any atom is -0.463 e. The number of rotatable bonds is 7. The summed E-state index contributed by atoms with van der Waals surface area (Å²) < 4.78 is 10.9. The maximum Gasteiger partial charge on any atom is 0.338 e. The maximum atomic E-state index is 12.8. The van der Waals surface area contributed by atoms with Crippen molar-refractivity contribution in [3.05, 3.63) is 71.7 Å². The summed E-state index contributed by atoms with van der Waals surface area (Å²) in [5, 5.41) is 13.9. The summed E-state index contributed by atoms with van der Waals surface area (Å²) in [4.78, 5) is 29.1. The molecule has 1 aliphatic rings. The Hall–Kier alpha value is -3.66. The number of urea groups is 1. The summed E-state index contributed by atoms with van der Waals surface area (Å²) in [6, 6.07) is 11.8. The molecule has 4 rings (SSSR count). The van der Waals surface area contributed by atoms with Crippen molar-refractivity contribution in [2.45, 2.75) is 18.2 Å². The zero-order chi connectivity index (χ0) is 21.6. The number of pyridine rings is 1. The highest BCUT2D eigenvalue weighted by Crippen LogP contribution is 2.31. The SMILES string of the molecule is CCOC(=O)C1=C(CSc2nnc(-c3cccnc3)o2)NC(=O)NC1c1ccccc1. The number of ether oxygens (including phenoxy) is 1. The van der Waals surface area contributed by atoms with Gasteiger partial charge >= 0.3 is 12.0 Å². The highest BCUT2D eigenvalue weighted by Gasteiger charge is 2.33. The third-order valence-electron chi connectivity index (χ3n) is 4.44. The van der Waals surface area contributed by atoms with E-state index in [0.29, 0.717) is 27.9 Å². The van der Waals surface area contributed by atoms with Crippen LogP contribution in [0, 0.1) is 0 Å². The standard InChI is InChI=1S/C21H19N5O4S/c1-2-29-19(27)16-15(23-20(28)24-17(16)13-7-4-3-5-8-13)12-31-21-26-25-18(30-21)14-9-6-10-22-11-14/h3-11,17H,2,12H2,1H3,(H2,23,24,28). The Labute approximate surface area is 182 Å². The van der Waals surface area contributed by atoms with Gasteiger partial charge in [0, 0.05) is 23.8 Å². The Kier molecular flexibility index (Phi) is 6.27. The summed E-state index contributed by atoms with van der Waals surface area (Å²) in [6.45, 7) is 1.95. The van der Waals surface area contributed by atoms with Gasteiger partial charge in [-0.3, -0.25) is 4.98 Å². The molecule has 0 aliphatic carbocycles. The predicted octanol–water partition coefficient (Wildman–Crippen LogP) is 3.10. The quantitative estimate of drug-likeness (QED) is 0.427. The normalized spacial score (nSPS) is 15.9. The van der Waals surface area contributed by atoms with Gasteiger partial charge in [0.25, 0.3) is 5.22 Å². The second-order valence-corrected chi connectivity index (χ2v) is 7.38. The summed E-state index contributed by atoms with van der Waals surface area (Å²) in [7, 11) is 0. The second kappa shape index (κ2) is 9.43. The first-order chi connectivity index (χ1) is 15.2. The fraction of sp³-hybridized carbons (Fsp3) is 0.190. The van der Waals surface area contributed by atoms with Crippen molar-refractivity contribution in [3.63, 3.8) is 0 Å². The van der Waals surface area contributed by atoms with Crippen LogP contribution < -0.4 is 10.6 Å². The Morgan fingerprint density at radius 2 is 2.03 bits per heavy atom. The van der Waals surface area contributed by atoms with Crippen LogP contribution in [0.15, 0.2) is 75.8 Å². The number of nitrogens with zero attached hydrogens (tertiary/aromatic N) is 3. The number of esters is 1. The Bertz CT molecular complexity index is 1100. The molecule has 0 bridgehead atoms. The third kappa shape index (κ3) is 4.75. The first-order valence-corrected chi connectivity index (χ1v) is 10.5. The van der Waals surface area contributed by atoms with E-state index in [4.69, 9.17) is 9.15 Å². The Morgan fingerprint density at radius 3 is 2.77 bits per heavy atom. The van der Waals surface area contributed by atoms with Crippen LogP contribution in [0.1, 0.15) is 18.5 Å². The molecule has 1 aromatic carbocycles. The highest BCUT2D eigenvalue weighted by molar-refractivity contribution is 7.99. The molecule has 10 heteroatoms. The van der Waals surface area contributed by atoms with Gasteiger partial charge in [-0.15, -0.1) is 10.2 Å². The molecule has 1 aliphatic heterocycles. The van der Waals surface area contributed by atoms with Crippen LogP contribution in [0.2, 0.25) is 0 Å². The molecule has 2 N–H and O–H groups in total. The Morgan fingerprint density at radius 1 is 1.19 bits per heavy atom. The number of hydrogen-bond acceptors (Lipinski definition) is 8.